The van der Waals surface area contributed by atoms with Gasteiger partial charge in [0.25, 0.3) is 0 Å². The molecule has 142 valence electrons. The van der Waals surface area contributed by atoms with Crippen LogP contribution in [0, 0.1) is 6.92 Å². The lowest BCUT2D eigenvalue weighted by Crippen LogP contribution is -2.17. The number of aryl methyl sites for hydroxylation is 1. The highest BCUT2D eigenvalue weighted by atomic mass is 16.5. The fourth-order valence-corrected chi connectivity index (χ4v) is 3.37. The van der Waals surface area contributed by atoms with Gasteiger partial charge in [-0.05, 0) is 42.8 Å². The van der Waals surface area contributed by atoms with Gasteiger partial charge in [-0.1, -0.05) is 13.8 Å². The first kappa shape index (κ1) is 18.0. The molecule has 1 aliphatic rings. The quantitative estimate of drug-likeness (QED) is 0.556. The zero-order valence-corrected chi connectivity index (χ0v) is 16.3. The van der Waals surface area contributed by atoms with E-state index in [2.05, 4.69) is 28.3 Å². The molecule has 5 rings (SSSR count). The van der Waals surface area contributed by atoms with Crippen molar-refractivity contribution in [3.63, 3.8) is 0 Å². The summed E-state index contributed by atoms with van der Waals surface area (Å²) in [5.74, 6) is 1.55. The number of ether oxygens (including phenoxy) is 1. The second kappa shape index (κ2) is 7.68. The molecule has 28 heavy (non-hydrogen) atoms. The van der Waals surface area contributed by atoms with Crippen LogP contribution < -0.4 is 10.1 Å². The molecule has 0 aliphatic carbocycles. The van der Waals surface area contributed by atoms with Crippen LogP contribution in [0.4, 0.5) is 5.69 Å². The Bertz CT molecular complexity index is 1120. The van der Waals surface area contributed by atoms with Crippen LogP contribution in [0.2, 0.25) is 0 Å². The smallest absolute Gasteiger partial charge is 0.234 e. The number of rotatable bonds is 2. The number of benzene rings is 1. The van der Waals surface area contributed by atoms with Gasteiger partial charge in [0, 0.05) is 42.5 Å². The van der Waals surface area contributed by atoms with Crippen LogP contribution in [-0.4, -0.2) is 32.5 Å². The molecule has 6 nitrogen and oxygen atoms in total. The Morgan fingerprint density at radius 3 is 2.89 bits per heavy atom. The van der Waals surface area contributed by atoms with Crippen LogP contribution in [0.25, 0.3) is 28.3 Å². The maximum Gasteiger partial charge on any atom is 0.234 e. The lowest BCUT2D eigenvalue weighted by atomic mass is 10.0. The number of anilines is 1. The predicted molar refractivity (Wildman–Crippen MR) is 112 cm³/mol. The van der Waals surface area contributed by atoms with Gasteiger partial charge >= 0.3 is 0 Å². The summed E-state index contributed by atoms with van der Waals surface area (Å²) >= 11 is 0. The van der Waals surface area contributed by atoms with Gasteiger partial charge in [-0.3, -0.25) is 9.38 Å². The molecule has 0 bridgehead atoms. The van der Waals surface area contributed by atoms with E-state index in [4.69, 9.17) is 9.72 Å². The number of nitrogens with one attached hydrogen (secondary N) is 1. The first-order valence-corrected chi connectivity index (χ1v) is 9.56. The standard InChI is InChI=1S/C20H17N5O.C2H6/c1-13-12-21-7-5-15(13)19-18(24-20-23-6-2-9-25(19)20)14-3-4-17-16(11-14)22-8-10-26-17;1-2/h2-7,9,11-12,22H,8,10H2,1H3;1-2H3. The third-order valence-electron chi connectivity index (χ3n) is 4.61. The molecule has 0 saturated carbocycles. The molecule has 1 aromatic carbocycles. The van der Waals surface area contributed by atoms with Crippen molar-refractivity contribution in [2.24, 2.45) is 0 Å². The monoisotopic (exact) mass is 373 g/mol. The van der Waals surface area contributed by atoms with E-state index in [0.29, 0.717) is 12.4 Å². The van der Waals surface area contributed by atoms with E-state index >= 15 is 0 Å². The average Bonchev–Trinajstić information content (AvgIpc) is 3.14. The van der Waals surface area contributed by atoms with Crippen molar-refractivity contribution >= 4 is 11.5 Å². The molecule has 4 heterocycles. The zero-order chi connectivity index (χ0) is 19.5. The van der Waals surface area contributed by atoms with Crippen molar-refractivity contribution in [1.29, 1.82) is 0 Å². The van der Waals surface area contributed by atoms with Crippen molar-refractivity contribution in [2.45, 2.75) is 20.8 Å². The van der Waals surface area contributed by atoms with Crippen LogP contribution in [0.15, 0.2) is 55.1 Å². The van der Waals surface area contributed by atoms with Gasteiger partial charge in [0.15, 0.2) is 0 Å². The summed E-state index contributed by atoms with van der Waals surface area (Å²) in [5.41, 5.74) is 6.13. The number of fused-ring (bicyclic) bond motifs is 2. The van der Waals surface area contributed by atoms with E-state index in [1.165, 1.54) is 0 Å². The van der Waals surface area contributed by atoms with E-state index in [0.717, 1.165) is 46.1 Å². The molecular formula is C22H23N5O. The molecule has 0 atom stereocenters. The molecule has 0 fully saturated rings. The molecule has 1 N–H and O–H groups in total. The second-order valence-electron chi connectivity index (χ2n) is 6.28. The summed E-state index contributed by atoms with van der Waals surface area (Å²) in [6.07, 6.45) is 7.44. The molecule has 1 aliphatic heterocycles. The van der Waals surface area contributed by atoms with Crippen molar-refractivity contribution < 1.29 is 4.74 Å². The molecule has 0 radical (unpaired) electrons. The van der Waals surface area contributed by atoms with Crippen molar-refractivity contribution in [1.82, 2.24) is 19.4 Å². The first-order chi connectivity index (χ1) is 13.8. The highest BCUT2D eigenvalue weighted by Gasteiger charge is 2.19. The molecule has 6 heteroatoms. The van der Waals surface area contributed by atoms with E-state index in [1.54, 1.807) is 6.20 Å². The number of imidazole rings is 1. The van der Waals surface area contributed by atoms with Gasteiger partial charge in [0.2, 0.25) is 5.78 Å². The molecule has 0 unspecified atom stereocenters. The fourth-order valence-electron chi connectivity index (χ4n) is 3.37. The van der Waals surface area contributed by atoms with Crippen LogP contribution in [-0.2, 0) is 0 Å². The topological polar surface area (TPSA) is 64.3 Å². The van der Waals surface area contributed by atoms with E-state index < -0.39 is 0 Å². The third-order valence-corrected chi connectivity index (χ3v) is 4.61. The van der Waals surface area contributed by atoms with Gasteiger partial charge in [-0.15, -0.1) is 0 Å². The second-order valence-corrected chi connectivity index (χ2v) is 6.28. The van der Waals surface area contributed by atoms with E-state index in [-0.39, 0.29) is 0 Å². The minimum absolute atomic E-state index is 0.677. The minimum Gasteiger partial charge on any atom is -0.490 e. The van der Waals surface area contributed by atoms with Crippen LogP contribution >= 0.6 is 0 Å². The van der Waals surface area contributed by atoms with Crippen LogP contribution in [0.5, 0.6) is 5.75 Å². The van der Waals surface area contributed by atoms with Gasteiger partial charge in [0.05, 0.1) is 17.1 Å². The van der Waals surface area contributed by atoms with Crippen molar-refractivity contribution in [2.75, 3.05) is 18.5 Å². The molecule has 4 aromatic rings. The van der Waals surface area contributed by atoms with Crippen LogP contribution in [0.1, 0.15) is 19.4 Å². The lowest BCUT2D eigenvalue weighted by Gasteiger charge is -2.19. The Morgan fingerprint density at radius 1 is 1.14 bits per heavy atom. The Labute approximate surface area is 164 Å². The number of nitrogens with zero attached hydrogens (tertiary/aromatic N) is 4. The molecule has 0 amide bonds. The van der Waals surface area contributed by atoms with Crippen LogP contribution in [0.3, 0.4) is 0 Å². The van der Waals surface area contributed by atoms with Gasteiger partial charge in [0.1, 0.15) is 12.4 Å². The normalized spacial score (nSPS) is 12.4. The van der Waals surface area contributed by atoms with Gasteiger partial charge in [-0.25, -0.2) is 9.97 Å². The summed E-state index contributed by atoms with van der Waals surface area (Å²) in [6, 6.07) is 10.1. The average molecular weight is 373 g/mol. The maximum absolute atomic E-state index is 5.70. The van der Waals surface area contributed by atoms with Crippen molar-refractivity contribution in [3.05, 3.63) is 60.7 Å². The zero-order valence-electron chi connectivity index (χ0n) is 16.3. The van der Waals surface area contributed by atoms with Gasteiger partial charge in [-0.2, -0.15) is 0 Å². The van der Waals surface area contributed by atoms with E-state index in [9.17, 15) is 0 Å². The Kier molecular flexibility index (Phi) is 4.93. The van der Waals surface area contributed by atoms with E-state index in [1.807, 2.05) is 61.1 Å². The molecular weight excluding hydrogens is 350 g/mol. The molecule has 0 saturated heterocycles. The minimum atomic E-state index is 0.677. The summed E-state index contributed by atoms with van der Waals surface area (Å²) in [7, 11) is 0. The SMILES string of the molecule is CC.Cc1cnccc1-c1c(-c2ccc3c(c2)NCCO3)nc2ncccn12. The predicted octanol–water partition coefficient (Wildman–Crippen LogP) is 4.60. The number of pyridine rings is 1. The third kappa shape index (κ3) is 3.07. The largest absolute Gasteiger partial charge is 0.490 e. The highest BCUT2D eigenvalue weighted by molar-refractivity contribution is 5.84. The number of hydrogen-bond donors (Lipinski definition) is 1. The fraction of sp³-hybridized carbons (Fsp3) is 0.227. The summed E-state index contributed by atoms with van der Waals surface area (Å²) in [6.45, 7) is 7.55. The summed E-state index contributed by atoms with van der Waals surface area (Å²) in [5, 5.41) is 3.39. The molecule has 0 spiro atoms. The number of aromatic nitrogens is 4. The highest BCUT2D eigenvalue weighted by Crippen LogP contribution is 2.37. The lowest BCUT2D eigenvalue weighted by molar-refractivity contribution is 0.323. The molecule has 3 aromatic heterocycles. The van der Waals surface area contributed by atoms with Gasteiger partial charge < -0.3 is 10.1 Å². The summed E-state index contributed by atoms with van der Waals surface area (Å²) in [4.78, 5) is 13.5. The maximum atomic E-state index is 5.70. The summed E-state index contributed by atoms with van der Waals surface area (Å²) < 4.78 is 7.73. The first-order valence-electron chi connectivity index (χ1n) is 9.56. The Balaban J connectivity index is 0.000000932. The van der Waals surface area contributed by atoms with Crippen molar-refractivity contribution in [3.8, 4) is 28.3 Å². The number of hydrogen-bond acceptors (Lipinski definition) is 5. The Hall–Kier alpha value is -3.41. The Morgan fingerprint density at radius 2 is 2.04 bits per heavy atom.